The Labute approximate surface area is 102 Å². The van der Waals surface area contributed by atoms with Crippen LogP contribution in [0.1, 0.15) is 31.7 Å². The molecule has 0 fully saturated rings. The van der Waals surface area contributed by atoms with Crippen molar-refractivity contribution in [3.8, 4) is 0 Å². The molecule has 1 heteroatoms. The molecule has 15 heavy (non-hydrogen) atoms. The van der Waals surface area contributed by atoms with Crippen molar-refractivity contribution in [3.05, 3.63) is 47.5 Å². The molecule has 0 heterocycles. The van der Waals surface area contributed by atoms with E-state index in [4.69, 9.17) is 0 Å². The van der Waals surface area contributed by atoms with Gasteiger partial charge in [-0.2, -0.15) is 0 Å². The van der Waals surface area contributed by atoms with Crippen molar-refractivity contribution in [2.24, 2.45) is 0 Å². The third-order valence-corrected chi connectivity index (χ3v) is 2.82. The lowest BCUT2D eigenvalue weighted by Gasteiger charge is -2.06. The number of unbranched alkanes of at least 4 members (excludes halogenated alkanes) is 1. The van der Waals surface area contributed by atoms with Crippen LogP contribution in [0.15, 0.2) is 42.0 Å². The molecule has 1 rings (SSSR count). The molecule has 0 unspecified atom stereocenters. The van der Waals surface area contributed by atoms with E-state index in [9.17, 15) is 0 Å². The van der Waals surface area contributed by atoms with Gasteiger partial charge in [0.1, 0.15) is 0 Å². The van der Waals surface area contributed by atoms with Gasteiger partial charge < -0.3 is 0 Å². The molecule has 0 amide bonds. The molecule has 0 saturated heterocycles. The Kier molecular flexibility index (Phi) is 6.42. The van der Waals surface area contributed by atoms with Crippen LogP contribution in [0.2, 0.25) is 0 Å². The molecule has 0 aliphatic heterocycles. The number of allylic oxidation sites excluding steroid dienone is 2. The van der Waals surface area contributed by atoms with Crippen LogP contribution in [-0.4, -0.2) is 5.33 Å². The minimum Gasteiger partial charge on any atom is -0.0883 e. The first-order valence-electron chi connectivity index (χ1n) is 5.64. The van der Waals surface area contributed by atoms with Gasteiger partial charge in [-0.15, -0.1) is 0 Å². The maximum atomic E-state index is 3.48. The fraction of sp³-hybridized carbons (Fsp3) is 0.429. The minimum absolute atomic E-state index is 0.971. The molecule has 1 aromatic carbocycles. The van der Waals surface area contributed by atoms with Crippen LogP contribution in [0, 0.1) is 0 Å². The lowest BCUT2D eigenvalue weighted by molar-refractivity contribution is 0.771. The van der Waals surface area contributed by atoms with Crippen LogP contribution in [0.5, 0.6) is 0 Å². The first kappa shape index (κ1) is 12.5. The zero-order valence-corrected chi connectivity index (χ0v) is 11.0. The highest BCUT2D eigenvalue weighted by Gasteiger charge is 1.98. The Hall–Kier alpha value is -0.560. The van der Waals surface area contributed by atoms with Crippen molar-refractivity contribution >= 4 is 15.9 Å². The third kappa shape index (κ3) is 5.17. The summed E-state index contributed by atoms with van der Waals surface area (Å²) in [5.74, 6) is 0. The minimum atomic E-state index is 0.971. The first-order valence-corrected chi connectivity index (χ1v) is 6.76. The molecule has 0 atom stereocenters. The molecule has 1 aromatic rings. The van der Waals surface area contributed by atoms with E-state index in [1.54, 1.807) is 5.57 Å². The monoisotopic (exact) mass is 266 g/mol. The molecule has 0 aliphatic carbocycles. The van der Waals surface area contributed by atoms with Crippen molar-refractivity contribution in [2.45, 2.75) is 32.6 Å². The van der Waals surface area contributed by atoms with Crippen molar-refractivity contribution in [1.29, 1.82) is 0 Å². The first-order chi connectivity index (χ1) is 7.36. The van der Waals surface area contributed by atoms with Gasteiger partial charge in [-0.1, -0.05) is 71.3 Å². The van der Waals surface area contributed by atoms with Gasteiger partial charge in [0, 0.05) is 5.33 Å². The Bertz CT molecular complexity index is 287. The molecular formula is C14H19Br. The SMILES string of the molecule is CCCCC(=CCBr)Cc1ccccc1. The second-order valence-corrected chi connectivity index (χ2v) is 4.43. The fourth-order valence-electron chi connectivity index (χ4n) is 1.63. The predicted octanol–water partition coefficient (Wildman–Crippen LogP) is 4.74. The van der Waals surface area contributed by atoms with Gasteiger partial charge in [0.05, 0.1) is 0 Å². The summed E-state index contributed by atoms with van der Waals surface area (Å²) in [6.45, 7) is 2.24. The smallest absolute Gasteiger partial charge is 0.0214 e. The average Bonchev–Trinajstić information content (AvgIpc) is 2.28. The topological polar surface area (TPSA) is 0 Å². The second-order valence-electron chi connectivity index (χ2n) is 3.78. The normalized spacial score (nSPS) is 11.7. The molecule has 0 spiro atoms. The van der Waals surface area contributed by atoms with Crippen LogP contribution < -0.4 is 0 Å². The molecule has 0 bridgehead atoms. The maximum Gasteiger partial charge on any atom is 0.0214 e. The fourth-order valence-corrected chi connectivity index (χ4v) is 2.09. The number of benzene rings is 1. The van der Waals surface area contributed by atoms with Crippen molar-refractivity contribution in [2.75, 3.05) is 5.33 Å². The molecule has 0 nitrogen and oxygen atoms in total. The van der Waals surface area contributed by atoms with E-state index in [1.807, 2.05) is 0 Å². The molecule has 0 aliphatic rings. The van der Waals surface area contributed by atoms with Gasteiger partial charge >= 0.3 is 0 Å². The summed E-state index contributed by atoms with van der Waals surface area (Å²) in [6, 6.07) is 10.7. The highest BCUT2D eigenvalue weighted by Crippen LogP contribution is 2.14. The van der Waals surface area contributed by atoms with E-state index < -0.39 is 0 Å². The summed E-state index contributed by atoms with van der Waals surface area (Å²) in [4.78, 5) is 0. The zero-order valence-electron chi connectivity index (χ0n) is 9.38. The van der Waals surface area contributed by atoms with Crippen molar-refractivity contribution < 1.29 is 0 Å². The van der Waals surface area contributed by atoms with E-state index in [0.717, 1.165) is 11.8 Å². The number of hydrogen-bond acceptors (Lipinski definition) is 0. The highest BCUT2D eigenvalue weighted by molar-refractivity contribution is 9.09. The lowest BCUT2D eigenvalue weighted by Crippen LogP contribution is -1.91. The maximum absolute atomic E-state index is 3.48. The quantitative estimate of drug-likeness (QED) is 0.516. The summed E-state index contributed by atoms with van der Waals surface area (Å²) in [5.41, 5.74) is 2.97. The van der Waals surface area contributed by atoms with E-state index in [2.05, 4.69) is 59.3 Å². The summed E-state index contributed by atoms with van der Waals surface area (Å²) >= 11 is 3.48. The van der Waals surface area contributed by atoms with E-state index in [1.165, 1.54) is 24.8 Å². The van der Waals surface area contributed by atoms with Gasteiger partial charge in [-0.3, -0.25) is 0 Å². The second kappa shape index (κ2) is 7.70. The van der Waals surface area contributed by atoms with Crippen LogP contribution in [-0.2, 0) is 6.42 Å². The highest BCUT2D eigenvalue weighted by atomic mass is 79.9. The van der Waals surface area contributed by atoms with Crippen LogP contribution in [0.4, 0.5) is 0 Å². The molecule has 82 valence electrons. The molecule has 0 saturated carbocycles. The largest absolute Gasteiger partial charge is 0.0883 e. The molecular weight excluding hydrogens is 248 g/mol. The Morgan fingerprint density at radius 2 is 2.00 bits per heavy atom. The van der Waals surface area contributed by atoms with Crippen molar-refractivity contribution in [3.63, 3.8) is 0 Å². The van der Waals surface area contributed by atoms with E-state index >= 15 is 0 Å². The third-order valence-electron chi connectivity index (χ3n) is 2.49. The predicted molar refractivity (Wildman–Crippen MR) is 71.5 cm³/mol. The molecule has 0 aromatic heterocycles. The summed E-state index contributed by atoms with van der Waals surface area (Å²) in [7, 11) is 0. The van der Waals surface area contributed by atoms with Crippen LogP contribution >= 0.6 is 15.9 Å². The Balaban J connectivity index is 2.55. The molecule has 0 N–H and O–H groups in total. The van der Waals surface area contributed by atoms with Crippen molar-refractivity contribution in [1.82, 2.24) is 0 Å². The zero-order chi connectivity index (χ0) is 10.9. The summed E-state index contributed by atoms with van der Waals surface area (Å²) < 4.78 is 0. The van der Waals surface area contributed by atoms with Gasteiger partial charge in [-0.05, 0) is 24.8 Å². The number of hydrogen-bond donors (Lipinski definition) is 0. The number of halogens is 1. The number of rotatable bonds is 6. The standard InChI is InChI=1S/C14H19Br/c1-2-3-7-14(10-11-15)12-13-8-5-4-6-9-13/h4-6,8-10H,2-3,7,11-12H2,1H3. The van der Waals surface area contributed by atoms with Gasteiger partial charge in [0.25, 0.3) is 0 Å². The lowest BCUT2D eigenvalue weighted by atomic mass is 10.0. The average molecular weight is 267 g/mol. The van der Waals surface area contributed by atoms with Gasteiger partial charge in [-0.25, -0.2) is 0 Å². The Morgan fingerprint density at radius 3 is 2.60 bits per heavy atom. The Morgan fingerprint density at radius 1 is 1.27 bits per heavy atom. The molecule has 0 radical (unpaired) electrons. The van der Waals surface area contributed by atoms with E-state index in [0.29, 0.717) is 0 Å². The van der Waals surface area contributed by atoms with Gasteiger partial charge in [0.15, 0.2) is 0 Å². The number of alkyl halides is 1. The summed E-state index contributed by atoms with van der Waals surface area (Å²) in [5, 5.41) is 0.971. The van der Waals surface area contributed by atoms with Crippen LogP contribution in [0.25, 0.3) is 0 Å². The van der Waals surface area contributed by atoms with E-state index in [-0.39, 0.29) is 0 Å². The van der Waals surface area contributed by atoms with Crippen LogP contribution in [0.3, 0.4) is 0 Å². The van der Waals surface area contributed by atoms with Gasteiger partial charge in [0.2, 0.25) is 0 Å². The summed E-state index contributed by atoms with van der Waals surface area (Å²) in [6.07, 6.45) is 7.21.